The lowest BCUT2D eigenvalue weighted by molar-refractivity contribution is -0.0528. The molecule has 1 atom stereocenters. The number of rotatable bonds is 10. The van der Waals surface area contributed by atoms with Crippen molar-refractivity contribution in [3.63, 3.8) is 0 Å². The minimum Gasteiger partial charge on any atom is -0.417 e. The third-order valence-corrected chi connectivity index (χ3v) is 8.68. The number of fused-ring (bicyclic) bond motifs is 1. The minimum atomic E-state index is -3.26. The van der Waals surface area contributed by atoms with E-state index in [1.807, 2.05) is 18.2 Å². The lowest BCUT2D eigenvalue weighted by atomic mass is 9.85. The molecule has 2 heterocycles. The highest BCUT2D eigenvalue weighted by Crippen LogP contribution is 2.36. The van der Waals surface area contributed by atoms with Gasteiger partial charge in [0.15, 0.2) is 9.84 Å². The molecule has 0 radical (unpaired) electrons. The van der Waals surface area contributed by atoms with Crippen LogP contribution in [0.2, 0.25) is 0 Å². The van der Waals surface area contributed by atoms with Gasteiger partial charge in [0.25, 0.3) is 5.91 Å². The number of ether oxygens (including phenoxy) is 1. The summed E-state index contributed by atoms with van der Waals surface area (Å²) < 4.78 is 53.2. The Hall–Kier alpha value is -3.37. The van der Waals surface area contributed by atoms with Crippen molar-refractivity contribution in [2.75, 3.05) is 12.3 Å². The maximum Gasteiger partial charge on any atom is 0.388 e. The number of carbonyl (C=O) groups is 1. The summed E-state index contributed by atoms with van der Waals surface area (Å²) in [4.78, 5) is 19.5. The average molecular weight is 558 g/mol. The average Bonchev–Trinajstić information content (AvgIpc) is 2.92. The van der Waals surface area contributed by atoms with Gasteiger partial charge in [-0.2, -0.15) is 8.78 Å². The monoisotopic (exact) mass is 557 g/mol. The molecule has 1 aliphatic heterocycles. The number of pyridine rings is 1. The minimum absolute atomic E-state index is 0.0418. The molecule has 0 unspecified atom stereocenters. The zero-order valence-electron chi connectivity index (χ0n) is 22.2. The highest BCUT2D eigenvalue weighted by molar-refractivity contribution is 7.91. The van der Waals surface area contributed by atoms with Gasteiger partial charge in [0.2, 0.25) is 5.88 Å². The predicted molar refractivity (Wildman–Crippen MR) is 144 cm³/mol. The Labute approximate surface area is 228 Å². The Bertz CT molecular complexity index is 1400. The van der Waals surface area contributed by atoms with Gasteiger partial charge in [0.05, 0.1) is 10.6 Å². The summed E-state index contributed by atoms with van der Waals surface area (Å²) in [5, 5.41) is 2.92. The molecule has 3 aromatic rings. The highest BCUT2D eigenvalue weighted by atomic mass is 32.2. The van der Waals surface area contributed by atoms with Gasteiger partial charge in [-0.15, -0.1) is 0 Å². The zero-order chi connectivity index (χ0) is 28.2. The molecule has 0 aliphatic carbocycles. The second-order valence-electron chi connectivity index (χ2n) is 9.94. The Balaban J connectivity index is 1.42. The summed E-state index contributed by atoms with van der Waals surface area (Å²) in [6.07, 6.45) is 2.33. The Morgan fingerprint density at radius 2 is 1.82 bits per heavy atom. The number of carbonyl (C=O) groups excluding carboxylic acids is 1. The third kappa shape index (κ3) is 6.99. The van der Waals surface area contributed by atoms with E-state index in [0.717, 1.165) is 29.7 Å². The van der Waals surface area contributed by atoms with Crippen LogP contribution in [0.5, 0.6) is 5.88 Å². The lowest BCUT2D eigenvalue weighted by Gasteiger charge is -2.40. The van der Waals surface area contributed by atoms with Crippen LogP contribution < -0.4 is 10.1 Å². The van der Waals surface area contributed by atoms with Crippen molar-refractivity contribution in [3.8, 4) is 5.88 Å². The van der Waals surface area contributed by atoms with Gasteiger partial charge in [-0.3, -0.25) is 9.69 Å². The zero-order valence-corrected chi connectivity index (χ0v) is 23.0. The predicted octanol–water partition coefficient (Wildman–Crippen LogP) is 5.16. The SMILES string of the molecule is CCS(=O)(=O)c1ccc(CNC(=O)c2ccc3c(c2)CCN(Cc2ccc(OC(F)F)nc2)[C@@H]3C(C)C)cc1. The maximum atomic E-state index is 12.9. The summed E-state index contributed by atoms with van der Waals surface area (Å²) in [6, 6.07) is 15.7. The van der Waals surface area contributed by atoms with E-state index in [9.17, 15) is 22.0 Å². The molecule has 0 bridgehead atoms. The molecule has 39 heavy (non-hydrogen) atoms. The number of benzene rings is 2. The largest absolute Gasteiger partial charge is 0.417 e. The van der Waals surface area contributed by atoms with Crippen LogP contribution in [-0.2, 0) is 29.3 Å². The number of nitrogens with one attached hydrogen (secondary N) is 1. The fourth-order valence-corrected chi connectivity index (χ4v) is 5.86. The van der Waals surface area contributed by atoms with Crippen LogP contribution in [-0.4, -0.2) is 43.1 Å². The fourth-order valence-electron chi connectivity index (χ4n) is 4.98. The first-order chi connectivity index (χ1) is 18.6. The van der Waals surface area contributed by atoms with E-state index in [2.05, 4.69) is 33.8 Å². The van der Waals surface area contributed by atoms with E-state index in [1.165, 1.54) is 11.6 Å². The molecule has 2 aromatic carbocycles. The van der Waals surface area contributed by atoms with Gasteiger partial charge in [0, 0.05) is 43.5 Å². The molecule has 4 rings (SSSR count). The van der Waals surface area contributed by atoms with Gasteiger partial charge >= 0.3 is 6.61 Å². The molecule has 0 saturated heterocycles. The van der Waals surface area contributed by atoms with E-state index in [-0.39, 0.29) is 28.5 Å². The first-order valence-corrected chi connectivity index (χ1v) is 14.6. The number of sulfone groups is 1. The second-order valence-corrected chi connectivity index (χ2v) is 12.2. The molecule has 7 nitrogen and oxygen atoms in total. The summed E-state index contributed by atoms with van der Waals surface area (Å²) in [7, 11) is -3.26. The Kier molecular flexibility index (Phi) is 8.97. The van der Waals surface area contributed by atoms with Crippen LogP contribution in [0, 0.1) is 5.92 Å². The molecule has 0 saturated carbocycles. The van der Waals surface area contributed by atoms with Crippen molar-refractivity contribution >= 4 is 15.7 Å². The smallest absolute Gasteiger partial charge is 0.388 e. The quantitative estimate of drug-likeness (QED) is 0.370. The number of alkyl halides is 2. The van der Waals surface area contributed by atoms with Crippen LogP contribution in [0.1, 0.15) is 59.4 Å². The van der Waals surface area contributed by atoms with Crippen molar-refractivity contribution in [1.29, 1.82) is 0 Å². The molecule has 1 aromatic heterocycles. The highest BCUT2D eigenvalue weighted by Gasteiger charge is 2.30. The fraction of sp³-hybridized carbons (Fsp3) is 0.379. The third-order valence-electron chi connectivity index (χ3n) is 6.93. The Morgan fingerprint density at radius 3 is 2.44 bits per heavy atom. The van der Waals surface area contributed by atoms with Crippen LogP contribution in [0.4, 0.5) is 8.78 Å². The summed E-state index contributed by atoms with van der Waals surface area (Å²) >= 11 is 0. The lowest BCUT2D eigenvalue weighted by Crippen LogP contribution is -2.38. The number of hydrogen-bond donors (Lipinski definition) is 1. The number of halogens is 2. The number of amides is 1. The van der Waals surface area contributed by atoms with Crippen molar-refractivity contribution < 1.29 is 26.7 Å². The van der Waals surface area contributed by atoms with Crippen LogP contribution >= 0.6 is 0 Å². The topological polar surface area (TPSA) is 88.6 Å². The second kappa shape index (κ2) is 12.2. The number of aromatic nitrogens is 1. The van der Waals surface area contributed by atoms with E-state index in [4.69, 9.17) is 0 Å². The maximum absolute atomic E-state index is 12.9. The molecule has 1 N–H and O–H groups in total. The summed E-state index contributed by atoms with van der Waals surface area (Å²) in [5.41, 5.74) is 4.60. The normalized spacial score (nSPS) is 15.8. The molecule has 1 aliphatic rings. The van der Waals surface area contributed by atoms with Crippen molar-refractivity contribution in [1.82, 2.24) is 15.2 Å². The molecule has 0 spiro atoms. The molecule has 1 amide bonds. The summed E-state index contributed by atoms with van der Waals surface area (Å²) in [6.45, 7) is 4.70. The van der Waals surface area contributed by atoms with E-state index in [0.29, 0.717) is 24.6 Å². The van der Waals surface area contributed by atoms with Gasteiger partial charge in [-0.05, 0) is 58.9 Å². The van der Waals surface area contributed by atoms with Crippen LogP contribution in [0.25, 0.3) is 0 Å². The van der Waals surface area contributed by atoms with E-state index in [1.54, 1.807) is 43.5 Å². The summed E-state index contributed by atoms with van der Waals surface area (Å²) in [5.74, 6) is 0.0481. The number of nitrogens with zero attached hydrogens (tertiary/aromatic N) is 2. The standard InChI is InChI=1S/C29H33F2N3O4S/c1-4-39(36,37)24-9-5-20(6-10-24)16-33-28(35)23-8-11-25-22(15-23)13-14-34(27(25)19(2)3)18-21-7-12-26(32-17-21)38-29(30)31/h5-12,15,17,19,27,29H,4,13-14,16,18H2,1-3H3,(H,33,35)/t27-/m1/s1. The van der Waals surface area contributed by atoms with Gasteiger partial charge < -0.3 is 10.1 Å². The van der Waals surface area contributed by atoms with Gasteiger partial charge in [0.1, 0.15) is 0 Å². The molecule has 0 fully saturated rings. The van der Waals surface area contributed by atoms with Crippen molar-refractivity contribution in [2.45, 2.75) is 57.8 Å². The van der Waals surface area contributed by atoms with Crippen molar-refractivity contribution in [2.24, 2.45) is 5.92 Å². The number of hydrogen-bond acceptors (Lipinski definition) is 6. The molecular formula is C29H33F2N3O4S. The van der Waals surface area contributed by atoms with Gasteiger partial charge in [-0.25, -0.2) is 13.4 Å². The van der Waals surface area contributed by atoms with Crippen LogP contribution in [0.3, 0.4) is 0 Å². The molecule has 208 valence electrons. The molecule has 10 heteroatoms. The van der Waals surface area contributed by atoms with Crippen LogP contribution in [0.15, 0.2) is 65.7 Å². The van der Waals surface area contributed by atoms with E-state index < -0.39 is 16.4 Å². The van der Waals surface area contributed by atoms with Gasteiger partial charge in [-0.1, -0.05) is 45.0 Å². The first kappa shape index (κ1) is 28.6. The Morgan fingerprint density at radius 1 is 1.10 bits per heavy atom. The first-order valence-electron chi connectivity index (χ1n) is 12.9. The molecular weight excluding hydrogens is 524 g/mol. The van der Waals surface area contributed by atoms with Crippen molar-refractivity contribution in [3.05, 3.63) is 88.6 Å². The van der Waals surface area contributed by atoms with E-state index >= 15 is 0 Å².